The summed E-state index contributed by atoms with van der Waals surface area (Å²) in [5, 5.41) is -0.414. The van der Waals surface area contributed by atoms with Gasteiger partial charge in [-0.05, 0) is 31.2 Å². The van der Waals surface area contributed by atoms with Crippen molar-refractivity contribution in [2.24, 2.45) is 10.9 Å². The lowest BCUT2D eigenvalue weighted by Crippen LogP contribution is -2.35. The van der Waals surface area contributed by atoms with Gasteiger partial charge < -0.3 is 14.3 Å². The molecule has 0 radical (unpaired) electrons. The van der Waals surface area contributed by atoms with Crippen LogP contribution in [0.5, 0.6) is 0 Å². The Morgan fingerprint density at radius 3 is 1.92 bits per heavy atom. The second-order valence-electron chi connectivity index (χ2n) is 7.66. The molecule has 0 bridgehead atoms. The second-order valence-corrected chi connectivity index (χ2v) is 8.37. The van der Waals surface area contributed by atoms with E-state index in [1.54, 1.807) is 67.6 Å². The Bertz CT molecular complexity index is 1270. The minimum atomic E-state index is -1.35. The van der Waals surface area contributed by atoms with Gasteiger partial charge in [0.25, 0.3) is 0 Å². The number of benzene rings is 2. The zero-order valence-electron chi connectivity index (χ0n) is 19.5. The monoisotopic (exact) mass is 541 g/mol. The minimum absolute atomic E-state index is 0.207. The summed E-state index contributed by atoms with van der Waals surface area (Å²) in [6.45, 7) is 1.33. The van der Waals surface area contributed by atoms with E-state index in [2.05, 4.69) is 15.0 Å². The molecule has 11 heteroatoms. The Kier molecular flexibility index (Phi) is 10.00. The van der Waals surface area contributed by atoms with Crippen LogP contribution in [0.1, 0.15) is 38.0 Å². The quantitative estimate of drug-likeness (QED) is 0.0876. The maximum Gasteiger partial charge on any atom is 0.338 e. The van der Waals surface area contributed by atoms with Crippen molar-refractivity contribution in [3.05, 3.63) is 94.0 Å². The first-order valence-electron chi connectivity index (χ1n) is 11.0. The zero-order chi connectivity index (χ0) is 26.8. The molecule has 0 fully saturated rings. The fourth-order valence-electron chi connectivity index (χ4n) is 3.11. The van der Waals surface area contributed by atoms with Crippen LogP contribution in [0, 0.1) is 5.92 Å². The van der Waals surface area contributed by atoms with Crippen molar-refractivity contribution in [1.82, 2.24) is 9.97 Å². The number of ketones is 1. The van der Waals surface area contributed by atoms with E-state index >= 15 is 0 Å². The summed E-state index contributed by atoms with van der Waals surface area (Å²) in [6, 6.07) is 16.5. The molecule has 0 N–H and O–H groups in total. The molecule has 0 spiro atoms. The number of aromatic nitrogens is 2. The average molecular weight is 542 g/mol. The predicted molar refractivity (Wildman–Crippen MR) is 136 cm³/mol. The van der Waals surface area contributed by atoms with E-state index in [1.807, 2.05) is 0 Å². The van der Waals surface area contributed by atoms with E-state index in [4.69, 9.17) is 32.7 Å². The molecule has 3 unspecified atom stereocenters. The SMILES string of the molecule is CC(OC(=O)c1ccccc1)C(CN=CC(C=O)C(=O)c1c(Cl)ncnc1Cl)OC(=O)c1ccccc1. The maximum absolute atomic E-state index is 12.8. The lowest BCUT2D eigenvalue weighted by atomic mass is 10.0. The lowest BCUT2D eigenvalue weighted by Gasteiger charge is -2.23. The Hall–Kier alpha value is -3.95. The molecule has 3 rings (SSSR count). The van der Waals surface area contributed by atoms with Crippen LogP contribution >= 0.6 is 23.2 Å². The highest BCUT2D eigenvalue weighted by atomic mass is 35.5. The summed E-state index contributed by atoms with van der Waals surface area (Å²) in [7, 11) is 0. The summed E-state index contributed by atoms with van der Waals surface area (Å²) in [5.41, 5.74) is 0.385. The Labute approximate surface area is 222 Å². The van der Waals surface area contributed by atoms with Crippen LogP contribution in [0.15, 0.2) is 72.0 Å². The predicted octanol–water partition coefficient (Wildman–Crippen LogP) is 4.32. The third-order valence-electron chi connectivity index (χ3n) is 5.10. The Morgan fingerprint density at radius 2 is 1.41 bits per heavy atom. The number of ether oxygens (including phenoxy) is 2. The number of carbonyl (C=O) groups excluding carboxylic acids is 4. The highest BCUT2D eigenvalue weighted by molar-refractivity contribution is 6.39. The molecule has 1 heterocycles. The molecule has 0 aliphatic rings. The van der Waals surface area contributed by atoms with Crippen LogP contribution in [0.3, 0.4) is 0 Å². The van der Waals surface area contributed by atoms with Crippen molar-refractivity contribution in [1.29, 1.82) is 0 Å². The molecular weight excluding hydrogens is 521 g/mol. The van der Waals surface area contributed by atoms with Gasteiger partial charge in [-0.15, -0.1) is 0 Å². The first kappa shape index (κ1) is 27.6. The number of carbonyl (C=O) groups is 4. The molecule has 1 aromatic heterocycles. The zero-order valence-corrected chi connectivity index (χ0v) is 21.0. The van der Waals surface area contributed by atoms with E-state index in [9.17, 15) is 19.2 Å². The normalized spacial score (nSPS) is 13.4. The number of hydrogen-bond acceptors (Lipinski definition) is 9. The summed E-state index contributed by atoms with van der Waals surface area (Å²) in [5.74, 6) is -3.39. The molecule has 0 saturated carbocycles. The van der Waals surface area contributed by atoms with E-state index in [-0.39, 0.29) is 28.0 Å². The van der Waals surface area contributed by atoms with E-state index in [0.29, 0.717) is 11.8 Å². The smallest absolute Gasteiger partial charge is 0.338 e. The molecule has 3 aromatic rings. The topological polar surface area (TPSA) is 125 Å². The van der Waals surface area contributed by atoms with Gasteiger partial charge in [0.2, 0.25) is 0 Å². The first-order chi connectivity index (χ1) is 17.8. The molecule has 9 nitrogen and oxygen atoms in total. The number of hydrogen-bond donors (Lipinski definition) is 0. The van der Waals surface area contributed by atoms with Gasteiger partial charge in [0.05, 0.1) is 23.2 Å². The van der Waals surface area contributed by atoms with Crippen molar-refractivity contribution in [2.75, 3.05) is 6.54 Å². The van der Waals surface area contributed by atoms with Crippen LogP contribution in [0.2, 0.25) is 10.3 Å². The number of rotatable bonds is 11. The number of esters is 2. The largest absolute Gasteiger partial charge is 0.455 e. The first-order valence-corrected chi connectivity index (χ1v) is 11.7. The minimum Gasteiger partial charge on any atom is -0.455 e. The number of aliphatic imine (C=N–C) groups is 1. The number of aldehydes is 1. The van der Waals surface area contributed by atoms with Crippen molar-refractivity contribution < 1.29 is 28.7 Å². The van der Waals surface area contributed by atoms with Gasteiger partial charge in [-0.3, -0.25) is 9.79 Å². The van der Waals surface area contributed by atoms with Crippen molar-refractivity contribution in [3.8, 4) is 0 Å². The van der Waals surface area contributed by atoms with Gasteiger partial charge in [-0.2, -0.15) is 0 Å². The van der Waals surface area contributed by atoms with Gasteiger partial charge in [0, 0.05) is 6.21 Å². The van der Waals surface area contributed by atoms with Gasteiger partial charge >= 0.3 is 11.9 Å². The van der Waals surface area contributed by atoms with Crippen LogP contribution in [0.25, 0.3) is 0 Å². The summed E-state index contributed by atoms with van der Waals surface area (Å²) in [4.78, 5) is 61.1. The Morgan fingerprint density at radius 1 is 0.892 bits per heavy atom. The molecule has 2 aromatic carbocycles. The fraction of sp³-hybridized carbons (Fsp3) is 0.192. The number of nitrogens with zero attached hydrogens (tertiary/aromatic N) is 3. The molecule has 0 amide bonds. The third-order valence-corrected chi connectivity index (χ3v) is 5.67. The van der Waals surface area contributed by atoms with Crippen LogP contribution in [0.4, 0.5) is 0 Å². The van der Waals surface area contributed by atoms with E-state index in [1.165, 1.54) is 0 Å². The molecule has 37 heavy (non-hydrogen) atoms. The fourth-order valence-corrected chi connectivity index (χ4v) is 3.61. The van der Waals surface area contributed by atoms with Gasteiger partial charge in [0.15, 0.2) is 11.9 Å². The van der Waals surface area contributed by atoms with E-state index < -0.39 is 35.8 Å². The third kappa shape index (κ3) is 7.52. The van der Waals surface area contributed by atoms with Crippen LogP contribution < -0.4 is 0 Å². The van der Waals surface area contributed by atoms with Crippen LogP contribution in [-0.2, 0) is 14.3 Å². The summed E-state index contributed by atoms with van der Waals surface area (Å²) < 4.78 is 11.1. The average Bonchev–Trinajstić information content (AvgIpc) is 2.91. The Balaban J connectivity index is 1.77. The van der Waals surface area contributed by atoms with Crippen molar-refractivity contribution in [2.45, 2.75) is 19.1 Å². The standard InChI is InChI=1S/C26H21Cl2N3O6/c1-16(36-25(34)17-8-4-2-5-9-17)20(37-26(35)18-10-6-3-7-11-18)13-29-12-19(14-32)22(33)21-23(27)30-15-31-24(21)28/h2-12,14-16,19-20H,13H2,1H3. The molecule has 0 aliphatic carbocycles. The lowest BCUT2D eigenvalue weighted by molar-refractivity contribution is -0.108. The van der Waals surface area contributed by atoms with Gasteiger partial charge in [-0.1, -0.05) is 59.6 Å². The highest BCUT2D eigenvalue weighted by Gasteiger charge is 2.27. The van der Waals surface area contributed by atoms with Crippen molar-refractivity contribution >= 4 is 53.4 Å². The number of halogens is 2. The van der Waals surface area contributed by atoms with E-state index in [0.717, 1.165) is 12.5 Å². The molecule has 190 valence electrons. The second kappa shape index (κ2) is 13.4. The van der Waals surface area contributed by atoms with Gasteiger partial charge in [0.1, 0.15) is 34.9 Å². The molecule has 0 aliphatic heterocycles. The molecule has 0 saturated heterocycles. The molecule has 3 atom stereocenters. The maximum atomic E-state index is 12.8. The molecular formula is C26H21Cl2N3O6. The highest BCUT2D eigenvalue weighted by Crippen LogP contribution is 2.22. The summed E-state index contributed by atoms with van der Waals surface area (Å²) >= 11 is 11.9. The summed E-state index contributed by atoms with van der Waals surface area (Å²) in [6.07, 6.45) is 0.551. The van der Waals surface area contributed by atoms with Crippen molar-refractivity contribution in [3.63, 3.8) is 0 Å². The number of Topliss-reactive ketones (excluding diaryl/α,β-unsaturated/α-hetero) is 1. The van der Waals surface area contributed by atoms with Gasteiger partial charge in [-0.25, -0.2) is 19.6 Å². The van der Waals surface area contributed by atoms with Crippen LogP contribution in [-0.4, -0.2) is 58.9 Å².